The Balaban J connectivity index is 1.91. The maximum atomic E-state index is 12.6. The van der Waals surface area contributed by atoms with Crippen LogP contribution in [-0.2, 0) is 4.74 Å². The maximum Gasteiger partial charge on any atom is 0.413 e. The van der Waals surface area contributed by atoms with E-state index in [1.54, 1.807) is 6.92 Å². The van der Waals surface area contributed by atoms with E-state index in [9.17, 15) is 19.7 Å². The van der Waals surface area contributed by atoms with Gasteiger partial charge in [0.15, 0.2) is 5.13 Å². The number of hydrogen-bond acceptors (Lipinski definition) is 7. The number of amides is 2. The standard InChI is InChI=1S/C19H16N4O5S/c1-2-28-19(25)22-18-20-15(12-7-4-3-5-8-12)17(29-18)21-16(24)13-9-6-10-14(11-13)23(26)27/h3-11H,2H2,1H3,(H,21,24)(H,20,22,25). The quantitative estimate of drug-likeness (QED) is 0.452. The molecule has 9 nitrogen and oxygen atoms in total. The average molecular weight is 412 g/mol. The highest BCUT2D eigenvalue weighted by Gasteiger charge is 2.19. The fraction of sp³-hybridized carbons (Fsp3) is 0.105. The first-order valence-corrected chi connectivity index (χ1v) is 9.35. The van der Waals surface area contributed by atoms with E-state index in [4.69, 9.17) is 4.74 Å². The second-order valence-electron chi connectivity index (χ2n) is 5.67. The number of ether oxygens (including phenoxy) is 1. The SMILES string of the molecule is CCOC(=O)Nc1nc(-c2ccccc2)c(NC(=O)c2cccc([N+](=O)[O-])c2)s1. The van der Waals surface area contributed by atoms with Gasteiger partial charge >= 0.3 is 6.09 Å². The number of non-ortho nitro benzene ring substituents is 1. The Morgan fingerprint density at radius 3 is 2.59 bits per heavy atom. The summed E-state index contributed by atoms with van der Waals surface area (Å²) >= 11 is 1.05. The number of hydrogen-bond donors (Lipinski definition) is 2. The van der Waals surface area contributed by atoms with E-state index in [2.05, 4.69) is 15.6 Å². The number of benzene rings is 2. The Hall–Kier alpha value is -3.79. The number of nitro groups is 1. The van der Waals surface area contributed by atoms with Crippen molar-refractivity contribution >= 4 is 39.2 Å². The summed E-state index contributed by atoms with van der Waals surface area (Å²) in [6.45, 7) is 1.89. The molecule has 1 aromatic heterocycles. The molecule has 29 heavy (non-hydrogen) atoms. The Morgan fingerprint density at radius 1 is 1.14 bits per heavy atom. The maximum absolute atomic E-state index is 12.6. The molecule has 0 aliphatic carbocycles. The van der Waals surface area contributed by atoms with Crippen molar-refractivity contribution in [2.75, 3.05) is 17.2 Å². The molecule has 2 aromatic carbocycles. The molecule has 0 aliphatic rings. The van der Waals surface area contributed by atoms with Crippen molar-refractivity contribution < 1.29 is 19.2 Å². The number of thiazole rings is 1. The highest BCUT2D eigenvalue weighted by atomic mass is 32.1. The van der Waals surface area contributed by atoms with Gasteiger partial charge in [-0.15, -0.1) is 0 Å². The van der Waals surface area contributed by atoms with Crippen LogP contribution in [-0.4, -0.2) is 28.5 Å². The van der Waals surface area contributed by atoms with Crippen molar-refractivity contribution in [1.82, 2.24) is 4.98 Å². The largest absolute Gasteiger partial charge is 0.450 e. The van der Waals surface area contributed by atoms with Gasteiger partial charge in [-0.25, -0.2) is 9.78 Å². The van der Waals surface area contributed by atoms with E-state index in [1.165, 1.54) is 24.3 Å². The van der Waals surface area contributed by atoms with Crippen molar-refractivity contribution in [3.8, 4) is 11.3 Å². The van der Waals surface area contributed by atoms with Gasteiger partial charge in [-0.2, -0.15) is 0 Å². The number of carbonyl (C=O) groups is 2. The smallest absolute Gasteiger partial charge is 0.413 e. The minimum absolute atomic E-state index is 0.131. The zero-order valence-electron chi connectivity index (χ0n) is 15.2. The van der Waals surface area contributed by atoms with Gasteiger partial charge in [0.05, 0.1) is 11.5 Å². The molecule has 2 N–H and O–H groups in total. The van der Waals surface area contributed by atoms with Crippen LogP contribution in [0.3, 0.4) is 0 Å². The zero-order valence-corrected chi connectivity index (χ0v) is 16.1. The number of carbonyl (C=O) groups excluding carboxylic acids is 2. The fourth-order valence-electron chi connectivity index (χ4n) is 2.44. The van der Waals surface area contributed by atoms with Crippen molar-refractivity contribution in [3.63, 3.8) is 0 Å². The predicted molar refractivity (Wildman–Crippen MR) is 109 cm³/mol. The van der Waals surface area contributed by atoms with Crippen LogP contribution >= 0.6 is 11.3 Å². The lowest BCUT2D eigenvalue weighted by atomic mass is 10.1. The summed E-state index contributed by atoms with van der Waals surface area (Å²) in [6.07, 6.45) is -0.655. The van der Waals surface area contributed by atoms with Gasteiger partial charge in [0.1, 0.15) is 10.7 Å². The highest BCUT2D eigenvalue weighted by molar-refractivity contribution is 7.20. The number of nitro benzene ring substituents is 1. The molecule has 10 heteroatoms. The molecule has 0 radical (unpaired) electrons. The number of rotatable bonds is 6. The summed E-state index contributed by atoms with van der Waals surface area (Å²) in [4.78, 5) is 39.1. The third kappa shape index (κ3) is 4.93. The summed E-state index contributed by atoms with van der Waals surface area (Å²) in [7, 11) is 0. The number of aromatic nitrogens is 1. The lowest BCUT2D eigenvalue weighted by molar-refractivity contribution is -0.384. The summed E-state index contributed by atoms with van der Waals surface area (Å²) in [5, 5.41) is 16.8. The molecule has 0 unspecified atom stereocenters. The van der Waals surface area contributed by atoms with Crippen molar-refractivity contribution in [3.05, 3.63) is 70.3 Å². The summed E-state index contributed by atoms with van der Waals surface area (Å²) in [6, 6.07) is 14.5. The molecule has 3 aromatic rings. The highest BCUT2D eigenvalue weighted by Crippen LogP contribution is 2.36. The molecule has 0 saturated heterocycles. The van der Waals surface area contributed by atoms with Gasteiger partial charge in [-0.1, -0.05) is 47.7 Å². The van der Waals surface area contributed by atoms with E-state index < -0.39 is 16.9 Å². The molecule has 3 rings (SSSR count). The van der Waals surface area contributed by atoms with Crippen molar-refractivity contribution in [2.45, 2.75) is 6.92 Å². The summed E-state index contributed by atoms with van der Waals surface area (Å²) < 4.78 is 4.85. The van der Waals surface area contributed by atoms with Gasteiger partial charge in [0, 0.05) is 23.3 Å². The normalized spacial score (nSPS) is 10.2. The van der Waals surface area contributed by atoms with Gasteiger partial charge in [-0.3, -0.25) is 20.2 Å². The minimum Gasteiger partial charge on any atom is -0.450 e. The van der Waals surface area contributed by atoms with Gasteiger partial charge in [0.25, 0.3) is 11.6 Å². The van der Waals surface area contributed by atoms with Crippen molar-refractivity contribution in [2.24, 2.45) is 0 Å². The first-order valence-electron chi connectivity index (χ1n) is 8.53. The van der Waals surface area contributed by atoms with Gasteiger partial charge in [-0.05, 0) is 13.0 Å². The lowest BCUT2D eigenvalue weighted by Crippen LogP contribution is -2.12. The van der Waals surface area contributed by atoms with Crippen LogP contribution in [0.15, 0.2) is 54.6 Å². The summed E-state index contributed by atoms with van der Waals surface area (Å²) in [5.41, 5.74) is 1.14. The fourth-order valence-corrected chi connectivity index (χ4v) is 3.31. The monoisotopic (exact) mass is 412 g/mol. The Bertz CT molecular complexity index is 1050. The van der Waals surface area contributed by atoms with E-state index in [0.717, 1.165) is 16.9 Å². The second kappa shape index (κ2) is 8.93. The molecule has 0 saturated carbocycles. The first kappa shape index (κ1) is 20.0. The Labute approximate surface area is 169 Å². The van der Waals surface area contributed by atoms with Crippen LogP contribution in [0, 0.1) is 10.1 Å². The van der Waals surface area contributed by atoms with Crippen LogP contribution in [0.4, 0.5) is 20.6 Å². The third-order valence-electron chi connectivity index (χ3n) is 3.71. The molecule has 0 atom stereocenters. The molecular weight excluding hydrogens is 396 g/mol. The third-order valence-corrected chi connectivity index (χ3v) is 4.59. The van der Waals surface area contributed by atoms with Crippen LogP contribution in [0.2, 0.25) is 0 Å². The topological polar surface area (TPSA) is 123 Å². The second-order valence-corrected chi connectivity index (χ2v) is 6.67. The molecule has 0 fully saturated rings. The molecular formula is C19H16N4O5S. The van der Waals surface area contributed by atoms with E-state index in [1.807, 2.05) is 30.3 Å². The van der Waals surface area contributed by atoms with Gasteiger partial charge < -0.3 is 10.1 Å². The van der Waals surface area contributed by atoms with Crippen LogP contribution in [0.1, 0.15) is 17.3 Å². The molecule has 0 aliphatic heterocycles. The number of anilines is 2. The molecule has 2 amide bonds. The number of nitrogens with one attached hydrogen (secondary N) is 2. The number of nitrogens with zero attached hydrogens (tertiary/aromatic N) is 2. The molecule has 1 heterocycles. The van der Waals surface area contributed by atoms with Crippen LogP contribution < -0.4 is 10.6 Å². The first-order chi connectivity index (χ1) is 14.0. The van der Waals surface area contributed by atoms with E-state index in [-0.39, 0.29) is 23.0 Å². The van der Waals surface area contributed by atoms with E-state index in [0.29, 0.717) is 10.7 Å². The summed E-state index contributed by atoms with van der Waals surface area (Å²) in [5.74, 6) is -0.530. The molecule has 148 valence electrons. The van der Waals surface area contributed by atoms with E-state index >= 15 is 0 Å². The minimum atomic E-state index is -0.655. The zero-order chi connectivity index (χ0) is 20.8. The molecule has 0 bridgehead atoms. The van der Waals surface area contributed by atoms with Crippen molar-refractivity contribution in [1.29, 1.82) is 0 Å². The Morgan fingerprint density at radius 2 is 1.90 bits per heavy atom. The predicted octanol–water partition coefficient (Wildman–Crippen LogP) is 4.54. The van der Waals surface area contributed by atoms with Crippen LogP contribution in [0.25, 0.3) is 11.3 Å². The van der Waals surface area contributed by atoms with Gasteiger partial charge in [0.2, 0.25) is 0 Å². The molecule has 0 spiro atoms. The van der Waals surface area contributed by atoms with Crippen LogP contribution in [0.5, 0.6) is 0 Å². The lowest BCUT2D eigenvalue weighted by Gasteiger charge is -2.05. The average Bonchev–Trinajstić information content (AvgIpc) is 3.10. The Kier molecular flexibility index (Phi) is 6.15.